The van der Waals surface area contributed by atoms with Gasteiger partial charge in [-0.05, 0) is 13.3 Å². The van der Waals surface area contributed by atoms with Crippen LogP contribution in [0.2, 0.25) is 0 Å². The maximum Gasteiger partial charge on any atom is 0.235 e. The zero-order valence-electron chi connectivity index (χ0n) is 8.62. The molecule has 0 saturated heterocycles. The summed E-state index contributed by atoms with van der Waals surface area (Å²) in [4.78, 5) is 11.2. The molecule has 14 heavy (non-hydrogen) atoms. The Bertz CT molecular complexity index is 295. The number of carbonyl (C=O) groups excluding carboxylic acids is 1. The number of amides is 1. The summed E-state index contributed by atoms with van der Waals surface area (Å²) in [6, 6.07) is 0.0152. The summed E-state index contributed by atoms with van der Waals surface area (Å²) in [6.45, 7) is 7.07. The molecule has 0 aromatic rings. The Labute approximate surface area is 85.3 Å². The number of rotatable bonds is 6. The predicted molar refractivity (Wildman–Crippen MR) is 56.7 cm³/mol. The molecule has 1 unspecified atom stereocenters. The molecule has 0 heterocycles. The summed E-state index contributed by atoms with van der Waals surface area (Å²) >= 11 is 0. The van der Waals surface area contributed by atoms with Gasteiger partial charge in [-0.15, -0.1) is 6.58 Å². The van der Waals surface area contributed by atoms with Crippen LogP contribution in [0.25, 0.3) is 0 Å². The lowest BCUT2D eigenvalue weighted by Crippen LogP contribution is -2.36. The zero-order chi connectivity index (χ0) is 11.2. The number of carbonyl (C=O) groups is 1. The van der Waals surface area contributed by atoms with Gasteiger partial charge in [0.05, 0.1) is 5.75 Å². The van der Waals surface area contributed by atoms with E-state index >= 15 is 0 Å². The molecule has 82 valence electrons. The van der Waals surface area contributed by atoms with Gasteiger partial charge in [0, 0.05) is 6.04 Å². The van der Waals surface area contributed by atoms with E-state index in [1.54, 1.807) is 0 Å². The lowest BCUT2D eigenvalue weighted by molar-refractivity contribution is -0.119. The molecule has 4 nitrogen and oxygen atoms in total. The molecule has 0 aliphatic heterocycles. The topological polar surface area (TPSA) is 63.2 Å². The fourth-order valence-electron chi connectivity index (χ4n) is 0.857. The van der Waals surface area contributed by atoms with E-state index in [1.807, 2.05) is 13.8 Å². The van der Waals surface area contributed by atoms with Crippen LogP contribution < -0.4 is 5.32 Å². The molecule has 0 bridgehead atoms. The molecule has 0 spiro atoms. The Hall–Kier alpha value is -0.840. The molecule has 0 fully saturated rings. The summed E-state index contributed by atoms with van der Waals surface area (Å²) in [5.74, 6) is -1.05. The monoisotopic (exact) mass is 219 g/mol. The Kier molecular flexibility index (Phi) is 5.45. The third-order valence-electron chi connectivity index (χ3n) is 1.74. The zero-order valence-corrected chi connectivity index (χ0v) is 9.43. The van der Waals surface area contributed by atoms with Crippen LogP contribution in [0, 0.1) is 0 Å². The van der Waals surface area contributed by atoms with Crippen molar-refractivity contribution >= 4 is 15.7 Å². The maximum atomic E-state index is 11.2. The van der Waals surface area contributed by atoms with Crippen LogP contribution in [0.3, 0.4) is 0 Å². The number of hydrogen-bond donors (Lipinski definition) is 1. The first-order valence-corrected chi connectivity index (χ1v) is 6.34. The molecular formula is C9H17NO3S. The van der Waals surface area contributed by atoms with Crippen LogP contribution in [-0.4, -0.2) is 31.9 Å². The minimum Gasteiger partial charge on any atom is -0.353 e. The van der Waals surface area contributed by atoms with Crippen molar-refractivity contribution in [2.45, 2.75) is 26.3 Å². The van der Waals surface area contributed by atoms with Crippen molar-refractivity contribution in [3.8, 4) is 0 Å². The molecule has 0 aliphatic carbocycles. The Morgan fingerprint density at radius 1 is 1.57 bits per heavy atom. The third-order valence-corrected chi connectivity index (χ3v) is 3.19. The smallest absolute Gasteiger partial charge is 0.235 e. The highest BCUT2D eigenvalue weighted by molar-refractivity contribution is 7.92. The third kappa shape index (κ3) is 5.75. The Morgan fingerprint density at radius 3 is 2.57 bits per heavy atom. The molecule has 1 atom stereocenters. The largest absolute Gasteiger partial charge is 0.353 e. The van der Waals surface area contributed by atoms with Crippen molar-refractivity contribution < 1.29 is 13.2 Å². The molecular weight excluding hydrogens is 202 g/mol. The normalized spacial score (nSPS) is 13.3. The first-order chi connectivity index (χ1) is 6.41. The fraction of sp³-hybridized carbons (Fsp3) is 0.667. The highest BCUT2D eigenvalue weighted by atomic mass is 32.2. The fourth-order valence-corrected chi connectivity index (χ4v) is 1.82. The van der Waals surface area contributed by atoms with E-state index in [4.69, 9.17) is 0 Å². The highest BCUT2D eigenvalue weighted by Crippen LogP contribution is 1.93. The predicted octanol–water partition coefficient (Wildman–Crippen LogP) is 0.502. The van der Waals surface area contributed by atoms with E-state index in [1.165, 1.54) is 6.08 Å². The number of sulfone groups is 1. The second kappa shape index (κ2) is 5.80. The minimum atomic E-state index is -3.31. The SMILES string of the molecule is C=CCS(=O)(=O)CC(=O)NC(C)CC. The van der Waals surface area contributed by atoms with Gasteiger partial charge in [-0.1, -0.05) is 13.0 Å². The van der Waals surface area contributed by atoms with E-state index in [0.29, 0.717) is 0 Å². The summed E-state index contributed by atoms with van der Waals surface area (Å²) in [7, 11) is -3.31. The molecule has 0 saturated carbocycles. The van der Waals surface area contributed by atoms with Crippen molar-refractivity contribution in [3.05, 3.63) is 12.7 Å². The summed E-state index contributed by atoms with van der Waals surface area (Å²) in [5.41, 5.74) is 0. The summed E-state index contributed by atoms with van der Waals surface area (Å²) in [5, 5.41) is 2.59. The van der Waals surface area contributed by atoms with Crippen LogP contribution in [-0.2, 0) is 14.6 Å². The van der Waals surface area contributed by atoms with Gasteiger partial charge in [-0.2, -0.15) is 0 Å². The first kappa shape index (κ1) is 13.2. The average molecular weight is 219 g/mol. The van der Waals surface area contributed by atoms with Gasteiger partial charge in [0.25, 0.3) is 0 Å². The number of hydrogen-bond acceptors (Lipinski definition) is 3. The van der Waals surface area contributed by atoms with Crippen molar-refractivity contribution in [3.63, 3.8) is 0 Å². The lowest BCUT2D eigenvalue weighted by Gasteiger charge is -2.10. The van der Waals surface area contributed by atoms with Crippen LogP contribution in [0.1, 0.15) is 20.3 Å². The van der Waals surface area contributed by atoms with E-state index < -0.39 is 21.5 Å². The second-order valence-electron chi connectivity index (χ2n) is 3.22. The van der Waals surface area contributed by atoms with Crippen molar-refractivity contribution in [2.24, 2.45) is 0 Å². The van der Waals surface area contributed by atoms with E-state index in [-0.39, 0.29) is 11.8 Å². The molecule has 0 rings (SSSR count). The Balaban J connectivity index is 4.12. The number of nitrogens with one attached hydrogen (secondary N) is 1. The van der Waals surface area contributed by atoms with Gasteiger partial charge in [0.2, 0.25) is 5.91 Å². The first-order valence-electron chi connectivity index (χ1n) is 4.52. The average Bonchev–Trinajstić information content (AvgIpc) is 2.02. The van der Waals surface area contributed by atoms with Gasteiger partial charge < -0.3 is 5.32 Å². The minimum absolute atomic E-state index is 0.0152. The van der Waals surface area contributed by atoms with Crippen molar-refractivity contribution in [1.29, 1.82) is 0 Å². The molecule has 0 radical (unpaired) electrons. The van der Waals surface area contributed by atoms with Gasteiger partial charge >= 0.3 is 0 Å². The molecule has 0 aliphatic rings. The van der Waals surface area contributed by atoms with Crippen molar-refractivity contribution in [1.82, 2.24) is 5.32 Å². The second-order valence-corrected chi connectivity index (χ2v) is 5.33. The van der Waals surface area contributed by atoms with Crippen molar-refractivity contribution in [2.75, 3.05) is 11.5 Å². The van der Waals surface area contributed by atoms with E-state index in [0.717, 1.165) is 6.42 Å². The van der Waals surface area contributed by atoms with Crippen LogP contribution in [0.4, 0.5) is 0 Å². The lowest BCUT2D eigenvalue weighted by atomic mass is 10.3. The summed E-state index contributed by atoms with van der Waals surface area (Å²) in [6.07, 6.45) is 2.07. The van der Waals surface area contributed by atoms with Crippen LogP contribution >= 0.6 is 0 Å². The van der Waals surface area contributed by atoms with E-state index in [2.05, 4.69) is 11.9 Å². The van der Waals surface area contributed by atoms with Gasteiger partial charge in [0.1, 0.15) is 5.75 Å². The van der Waals surface area contributed by atoms with Crippen LogP contribution in [0.5, 0.6) is 0 Å². The van der Waals surface area contributed by atoms with Gasteiger partial charge in [0.15, 0.2) is 9.84 Å². The molecule has 0 aromatic heterocycles. The standard InChI is InChI=1S/C9H17NO3S/c1-4-6-14(12,13)7-9(11)10-8(3)5-2/h4,8H,1,5-7H2,2-3H3,(H,10,11). The van der Waals surface area contributed by atoms with Gasteiger partial charge in [-0.3, -0.25) is 4.79 Å². The van der Waals surface area contributed by atoms with Crippen LogP contribution in [0.15, 0.2) is 12.7 Å². The molecule has 5 heteroatoms. The van der Waals surface area contributed by atoms with E-state index in [9.17, 15) is 13.2 Å². The Morgan fingerprint density at radius 2 is 2.14 bits per heavy atom. The highest BCUT2D eigenvalue weighted by Gasteiger charge is 2.15. The summed E-state index contributed by atoms with van der Waals surface area (Å²) < 4.78 is 22.4. The molecule has 0 aromatic carbocycles. The molecule has 1 N–H and O–H groups in total. The van der Waals surface area contributed by atoms with Gasteiger partial charge in [-0.25, -0.2) is 8.42 Å². The maximum absolute atomic E-state index is 11.2. The quantitative estimate of drug-likeness (QED) is 0.662. The molecule has 1 amide bonds.